The number of hydrogen-bond acceptors (Lipinski definition) is 7. The summed E-state index contributed by atoms with van der Waals surface area (Å²) in [6, 6.07) is 9.44. The molecule has 9 nitrogen and oxygen atoms in total. The second kappa shape index (κ2) is 9.68. The maximum Gasteiger partial charge on any atom is 0.534 e. The highest BCUT2D eigenvalue weighted by atomic mass is 19.1. The highest BCUT2D eigenvalue weighted by Gasteiger charge is 2.75. The van der Waals surface area contributed by atoms with E-state index in [0.717, 1.165) is 24.8 Å². The zero-order chi connectivity index (χ0) is 27.2. The summed E-state index contributed by atoms with van der Waals surface area (Å²) in [5.74, 6) is -1.71. The third kappa shape index (κ3) is 3.70. The normalized spacial score (nSPS) is 20.6. The highest BCUT2D eigenvalue weighted by Crippen LogP contribution is 2.54. The van der Waals surface area contributed by atoms with Crippen molar-refractivity contribution in [1.29, 1.82) is 0 Å². The third-order valence-electron chi connectivity index (χ3n) is 7.50. The van der Waals surface area contributed by atoms with Crippen molar-refractivity contribution < 1.29 is 37.8 Å². The van der Waals surface area contributed by atoms with E-state index in [4.69, 9.17) is 14.2 Å². The van der Waals surface area contributed by atoms with E-state index >= 15 is 0 Å². The number of halogens is 1. The molecule has 2 fully saturated rings. The molecule has 10 heteroatoms. The van der Waals surface area contributed by atoms with Crippen molar-refractivity contribution in [2.75, 3.05) is 33.9 Å². The van der Waals surface area contributed by atoms with Gasteiger partial charge in [-0.2, -0.15) is 4.79 Å². The Hall–Kier alpha value is -4.05. The molecule has 0 bridgehead atoms. The summed E-state index contributed by atoms with van der Waals surface area (Å²) in [7, 11) is 2.73. The van der Waals surface area contributed by atoms with E-state index in [1.54, 1.807) is 24.0 Å². The number of nitrogens with zero attached hydrogens (tertiary/aromatic N) is 2. The topological polar surface area (TPSA) is 99.2 Å². The van der Waals surface area contributed by atoms with Crippen molar-refractivity contribution >= 4 is 35.1 Å². The molecule has 0 saturated carbocycles. The molecular weight excluding hydrogens is 495 g/mol. The molecule has 0 aliphatic carbocycles. The molecule has 5 rings (SSSR count). The van der Waals surface area contributed by atoms with Crippen LogP contribution in [0.4, 0.5) is 14.9 Å². The van der Waals surface area contributed by atoms with Gasteiger partial charge in [0, 0.05) is 19.2 Å². The number of likely N-dealkylation sites (tertiary alicyclic amines) is 1. The van der Waals surface area contributed by atoms with Gasteiger partial charge < -0.3 is 19.1 Å². The van der Waals surface area contributed by atoms with Gasteiger partial charge in [-0.1, -0.05) is 16.6 Å². The minimum Gasteiger partial charge on any atom is -0.496 e. The lowest BCUT2D eigenvalue weighted by Crippen LogP contribution is -2.70. The fourth-order valence-corrected chi connectivity index (χ4v) is 5.60. The van der Waals surface area contributed by atoms with E-state index in [9.17, 15) is 23.6 Å². The molecule has 0 N–H and O–H groups in total. The van der Waals surface area contributed by atoms with Gasteiger partial charge in [0.25, 0.3) is 11.6 Å². The molecule has 1 atom stereocenters. The largest absolute Gasteiger partial charge is 0.534 e. The van der Waals surface area contributed by atoms with Crippen molar-refractivity contribution in [1.82, 2.24) is 9.38 Å². The van der Waals surface area contributed by atoms with Gasteiger partial charge in [0.05, 0.1) is 32.0 Å². The van der Waals surface area contributed by atoms with Crippen LogP contribution >= 0.6 is 0 Å². The number of quaternary nitrogens is 1. The van der Waals surface area contributed by atoms with Crippen LogP contribution in [0.3, 0.4) is 0 Å². The van der Waals surface area contributed by atoms with E-state index in [0.29, 0.717) is 24.6 Å². The molecule has 0 aromatic heterocycles. The number of imide groups is 1. The van der Waals surface area contributed by atoms with Gasteiger partial charge in [0.1, 0.15) is 11.6 Å². The number of β-lactam (4-membered cyclic amide) rings is 1. The first kappa shape index (κ1) is 25.6. The zero-order valence-electron chi connectivity index (χ0n) is 21.4. The van der Waals surface area contributed by atoms with Crippen LogP contribution in [0.2, 0.25) is 0 Å². The average molecular weight is 524 g/mol. The summed E-state index contributed by atoms with van der Waals surface area (Å²) in [5, 5.41) is 0. The monoisotopic (exact) mass is 523 g/mol. The van der Waals surface area contributed by atoms with Gasteiger partial charge in [0.2, 0.25) is 0 Å². The number of rotatable bonds is 6. The van der Waals surface area contributed by atoms with E-state index in [-0.39, 0.29) is 46.8 Å². The number of amides is 3. The second-order valence-electron chi connectivity index (χ2n) is 9.52. The number of carbonyl (C=O) groups excluding carboxylic acids is 4. The Morgan fingerprint density at radius 3 is 2.34 bits per heavy atom. The summed E-state index contributed by atoms with van der Waals surface area (Å²) >= 11 is 0. The summed E-state index contributed by atoms with van der Waals surface area (Å²) in [6.45, 7) is 2.67. The Balaban J connectivity index is 1.43. The molecule has 2 saturated heterocycles. The van der Waals surface area contributed by atoms with E-state index < -0.39 is 22.3 Å². The number of ether oxygens (including phenoxy) is 3. The number of Topliss-reactive ketones (excluding diaryl/α,β-unsaturated/α-hetero) is 1. The Labute approximate surface area is 219 Å². The lowest BCUT2D eigenvalue weighted by Gasteiger charge is -2.34. The minimum atomic E-state index is -1.04. The Morgan fingerprint density at radius 1 is 1.05 bits per heavy atom. The van der Waals surface area contributed by atoms with Crippen LogP contribution in [0.15, 0.2) is 42.1 Å². The minimum absolute atomic E-state index is 0.00997. The number of carbonyl (C=O) groups is 4. The maximum absolute atomic E-state index is 13.6. The molecule has 3 aliphatic heterocycles. The van der Waals surface area contributed by atoms with Crippen LogP contribution in [-0.2, 0) is 25.5 Å². The van der Waals surface area contributed by atoms with Gasteiger partial charge in [-0.05, 0) is 55.9 Å². The average Bonchev–Trinajstić information content (AvgIpc) is 3.20. The molecule has 3 aliphatic rings. The summed E-state index contributed by atoms with van der Waals surface area (Å²) in [4.78, 5) is 53.8. The molecule has 0 spiro atoms. The SMILES string of the molecule is CCOC(=O)[N+]12C(=O)C(=O)C1=C(OC)c1cc(C(=O)N3CCC(Cc4ccc(F)cc4)CC3)c(OC)cc12. The van der Waals surface area contributed by atoms with Crippen molar-refractivity contribution in [2.45, 2.75) is 26.2 Å². The lowest BCUT2D eigenvalue weighted by atomic mass is 9.90. The van der Waals surface area contributed by atoms with Gasteiger partial charge in [-0.25, -0.2) is 9.18 Å². The number of methoxy groups -OCH3 is 2. The first-order chi connectivity index (χ1) is 18.3. The predicted molar refractivity (Wildman–Crippen MR) is 134 cm³/mol. The molecule has 198 valence electrons. The third-order valence-corrected chi connectivity index (χ3v) is 7.50. The smallest absolute Gasteiger partial charge is 0.496 e. The molecular formula is C28H28FN2O7+. The van der Waals surface area contributed by atoms with Crippen LogP contribution in [-0.4, -0.2) is 62.5 Å². The molecule has 2 aromatic rings. The molecule has 1 unspecified atom stereocenters. The first-order valence-corrected chi connectivity index (χ1v) is 12.5. The number of fused-ring (bicyclic) bond motifs is 3. The van der Waals surface area contributed by atoms with Gasteiger partial charge in [-0.15, -0.1) is 0 Å². The maximum atomic E-state index is 13.6. The van der Waals surface area contributed by atoms with Crippen LogP contribution in [0, 0.1) is 11.7 Å². The summed E-state index contributed by atoms with van der Waals surface area (Å²) in [5.41, 5.74) is 1.63. The van der Waals surface area contributed by atoms with Gasteiger partial charge in [-0.3, -0.25) is 9.59 Å². The van der Waals surface area contributed by atoms with Gasteiger partial charge in [0.15, 0.2) is 11.4 Å². The number of benzene rings is 2. The second-order valence-corrected chi connectivity index (χ2v) is 9.52. The first-order valence-electron chi connectivity index (χ1n) is 12.5. The van der Waals surface area contributed by atoms with Crippen LogP contribution in [0.5, 0.6) is 5.75 Å². The van der Waals surface area contributed by atoms with E-state index in [1.165, 1.54) is 38.5 Å². The van der Waals surface area contributed by atoms with Crippen LogP contribution in [0.1, 0.15) is 41.3 Å². The number of ketones is 1. The van der Waals surface area contributed by atoms with Crippen molar-refractivity contribution in [3.05, 3.63) is 64.6 Å². The number of piperidine rings is 1. The summed E-state index contributed by atoms with van der Waals surface area (Å²) in [6.07, 6.45) is 1.47. The molecule has 2 aromatic carbocycles. The fraction of sp³-hybridized carbons (Fsp3) is 0.357. The zero-order valence-corrected chi connectivity index (χ0v) is 21.4. The van der Waals surface area contributed by atoms with Crippen molar-refractivity contribution in [3.8, 4) is 5.75 Å². The predicted octanol–water partition coefficient (Wildman–Crippen LogP) is 3.83. The Bertz CT molecular complexity index is 1380. The molecule has 38 heavy (non-hydrogen) atoms. The van der Waals surface area contributed by atoms with E-state index in [1.807, 2.05) is 0 Å². The molecule has 3 heterocycles. The summed E-state index contributed by atoms with van der Waals surface area (Å²) < 4.78 is 28.3. The Kier molecular flexibility index (Phi) is 6.52. The standard InChI is InChI=1S/C28H28FN2O7/c1-4-38-28(35)31-21-15-22(36-2)20(14-19(21)25(37-3)23(31)24(32)27(31)34)26(33)30-11-9-17(10-12-30)13-16-5-7-18(29)8-6-16/h5-8,14-15,17H,4,9-13H2,1-3H3/q+1. The molecule has 0 radical (unpaired) electrons. The van der Waals surface area contributed by atoms with Crippen LogP contribution in [0.25, 0.3) is 5.76 Å². The van der Waals surface area contributed by atoms with E-state index in [2.05, 4.69) is 0 Å². The number of hydrogen-bond donors (Lipinski definition) is 0. The molecule has 3 amide bonds. The lowest BCUT2D eigenvalue weighted by molar-refractivity contribution is -0.147. The van der Waals surface area contributed by atoms with Crippen molar-refractivity contribution in [2.24, 2.45) is 5.92 Å². The fourth-order valence-electron chi connectivity index (χ4n) is 5.60. The van der Waals surface area contributed by atoms with Crippen LogP contribution < -0.4 is 9.22 Å². The quantitative estimate of drug-likeness (QED) is 0.322. The van der Waals surface area contributed by atoms with Crippen molar-refractivity contribution in [3.63, 3.8) is 0 Å². The highest BCUT2D eigenvalue weighted by molar-refractivity contribution is 6.60. The van der Waals surface area contributed by atoms with Gasteiger partial charge >= 0.3 is 17.8 Å². The Morgan fingerprint density at radius 2 is 1.74 bits per heavy atom.